The molecular formula is C52H82N8O15. The number of nitrogens with one attached hydrogen (secondary N) is 8. The van der Waals surface area contributed by atoms with Crippen LogP contribution in [0.2, 0.25) is 0 Å². The molecule has 4 atom stereocenters. The van der Waals surface area contributed by atoms with Gasteiger partial charge in [-0.2, -0.15) is 0 Å². The van der Waals surface area contributed by atoms with E-state index in [1.807, 2.05) is 0 Å². The van der Waals surface area contributed by atoms with E-state index in [4.69, 9.17) is 18.9 Å². The van der Waals surface area contributed by atoms with Crippen LogP contribution in [-0.2, 0) is 44.5 Å². The Morgan fingerprint density at radius 2 is 0.933 bits per heavy atom. The maximum Gasteiger partial charge on any atom is 0.408 e. The average Bonchev–Trinajstić information content (AvgIpc) is 3.26. The molecule has 0 aliphatic carbocycles. The standard InChI is InChI=1S/C52H82N8O15/c1-31-26-32(18-20-39(31)62)33-19-21-40(63)34(27-33)28-38(60-48(71)75-52(11,12)13)44(67)58-36(16-15-24-54-45(68)72-49(2,3)4)42(65)56-29-41(64)53-23-14-17-37(59-47(70)74-51(8,9)10)43(66)57-35(30-61)22-25-55-46(69)73-50(5,6)7/h18-21,26-27,35-38,61-63H,14-17,22-25,28-30H2,1-13H3,(H,53,64)(H,54,68)(H,55,69)(H,56,65)(H,57,66)(H,58,67)(H,59,70)(H,60,71)/t35-,36-,37-,38-/m0/s1. The number of aliphatic hydroxyl groups excluding tert-OH is 1. The van der Waals surface area contributed by atoms with Crippen molar-refractivity contribution in [3.8, 4) is 22.6 Å². The summed E-state index contributed by atoms with van der Waals surface area (Å²) in [7, 11) is 0. The number of phenolic OH excluding ortho intramolecular Hbond substituents is 2. The summed E-state index contributed by atoms with van der Waals surface area (Å²) >= 11 is 0. The van der Waals surface area contributed by atoms with Gasteiger partial charge in [0.1, 0.15) is 52.0 Å². The first-order valence-electron chi connectivity index (χ1n) is 24.9. The molecule has 0 aromatic heterocycles. The Morgan fingerprint density at radius 1 is 0.493 bits per heavy atom. The molecule has 2 rings (SSSR count). The number of aromatic hydroxyl groups is 2. The van der Waals surface area contributed by atoms with Gasteiger partial charge in [-0.3, -0.25) is 19.2 Å². The Kier molecular flexibility index (Phi) is 24.9. The van der Waals surface area contributed by atoms with E-state index in [0.29, 0.717) is 16.7 Å². The lowest BCUT2D eigenvalue weighted by Crippen LogP contribution is -2.55. The molecule has 0 bridgehead atoms. The van der Waals surface area contributed by atoms with Crippen molar-refractivity contribution in [2.24, 2.45) is 0 Å². The smallest absolute Gasteiger partial charge is 0.408 e. The van der Waals surface area contributed by atoms with Gasteiger partial charge in [0.2, 0.25) is 23.6 Å². The van der Waals surface area contributed by atoms with E-state index >= 15 is 0 Å². The summed E-state index contributed by atoms with van der Waals surface area (Å²) in [5.74, 6) is -3.06. The first-order valence-corrected chi connectivity index (χ1v) is 24.9. The van der Waals surface area contributed by atoms with Crippen LogP contribution < -0.4 is 42.5 Å². The topological polar surface area (TPSA) is 330 Å². The third kappa shape index (κ3) is 27.2. The summed E-state index contributed by atoms with van der Waals surface area (Å²) < 4.78 is 21.3. The summed E-state index contributed by atoms with van der Waals surface area (Å²) in [4.78, 5) is 105. The molecule has 75 heavy (non-hydrogen) atoms. The van der Waals surface area contributed by atoms with Crippen LogP contribution in [0.1, 0.15) is 126 Å². The Hall–Kier alpha value is -7.04. The summed E-state index contributed by atoms with van der Waals surface area (Å²) in [6, 6.07) is 4.91. The Morgan fingerprint density at radius 3 is 1.44 bits per heavy atom. The maximum absolute atomic E-state index is 14.2. The molecule has 420 valence electrons. The molecule has 2 aromatic rings. The molecule has 0 saturated carbocycles. The number of benzene rings is 2. The number of aliphatic hydroxyl groups is 1. The number of alkyl carbamates (subject to hydrolysis) is 4. The second-order valence-electron chi connectivity index (χ2n) is 21.9. The van der Waals surface area contributed by atoms with E-state index in [0.717, 1.165) is 0 Å². The van der Waals surface area contributed by atoms with Crippen molar-refractivity contribution in [3.05, 3.63) is 47.5 Å². The zero-order valence-electron chi connectivity index (χ0n) is 45.8. The van der Waals surface area contributed by atoms with Crippen LogP contribution in [0.4, 0.5) is 19.2 Å². The van der Waals surface area contributed by atoms with E-state index in [9.17, 15) is 53.7 Å². The SMILES string of the molecule is Cc1cc(-c2ccc(O)c(C[C@H](NC(=O)OC(C)(C)C)C(=O)N[C@@H](CCCNC(=O)OC(C)(C)C)C(=O)NCC(=O)NCCC[C@H](NC(=O)OC(C)(C)C)C(=O)N[C@H](CO)CCNC(=O)OC(C)(C)C)c2)ccc1O. The predicted molar refractivity (Wildman–Crippen MR) is 278 cm³/mol. The number of phenols is 2. The van der Waals surface area contributed by atoms with Crippen LogP contribution in [0, 0.1) is 6.92 Å². The largest absolute Gasteiger partial charge is 0.508 e. The fraction of sp³-hybridized carbons (Fsp3) is 0.615. The lowest BCUT2D eigenvalue weighted by Gasteiger charge is -2.26. The predicted octanol–water partition coefficient (Wildman–Crippen LogP) is 4.60. The molecule has 23 nitrogen and oxygen atoms in total. The number of aryl methyl sites for hydroxylation is 1. The molecule has 0 radical (unpaired) electrons. The summed E-state index contributed by atoms with van der Waals surface area (Å²) in [5, 5.41) is 51.7. The molecule has 2 aromatic carbocycles. The number of rotatable bonds is 24. The second kappa shape index (κ2) is 29.2. The Bertz CT molecular complexity index is 2260. The van der Waals surface area contributed by atoms with Crippen molar-refractivity contribution >= 4 is 48.0 Å². The summed E-state index contributed by atoms with van der Waals surface area (Å²) in [6.07, 6.45) is -3.17. The van der Waals surface area contributed by atoms with Gasteiger partial charge in [0.05, 0.1) is 19.2 Å². The molecule has 0 fully saturated rings. The Labute approximate surface area is 440 Å². The van der Waals surface area contributed by atoms with Crippen molar-refractivity contribution in [2.75, 3.05) is 32.8 Å². The van der Waals surface area contributed by atoms with Gasteiger partial charge in [-0.1, -0.05) is 12.1 Å². The van der Waals surface area contributed by atoms with Crippen molar-refractivity contribution in [1.29, 1.82) is 0 Å². The zero-order valence-corrected chi connectivity index (χ0v) is 45.8. The molecule has 0 unspecified atom stereocenters. The lowest BCUT2D eigenvalue weighted by molar-refractivity contribution is -0.131. The summed E-state index contributed by atoms with van der Waals surface area (Å²) in [5.41, 5.74) is -1.18. The zero-order chi connectivity index (χ0) is 56.9. The quantitative estimate of drug-likeness (QED) is 0.0506. The van der Waals surface area contributed by atoms with Crippen LogP contribution in [0.5, 0.6) is 11.5 Å². The molecule has 0 spiro atoms. The van der Waals surface area contributed by atoms with Gasteiger partial charge in [-0.05, 0) is 169 Å². The number of carbonyl (C=O) groups excluding carboxylic acids is 8. The third-order valence-electron chi connectivity index (χ3n) is 10.2. The van der Waals surface area contributed by atoms with E-state index in [2.05, 4.69) is 42.5 Å². The number of ether oxygens (including phenoxy) is 4. The maximum atomic E-state index is 14.2. The Balaban J connectivity index is 2.25. The number of hydrogen-bond donors (Lipinski definition) is 11. The van der Waals surface area contributed by atoms with Crippen molar-refractivity contribution in [2.45, 2.75) is 175 Å². The van der Waals surface area contributed by atoms with Gasteiger partial charge < -0.3 is 76.8 Å². The van der Waals surface area contributed by atoms with Crippen LogP contribution in [0.25, 0.3) is 11.1 Å². The molecule has 23 heteroatoms. The van der Waals surface area contributed by atoms with Crippen LogP contribution in [-0.4, -0.2) is 143 Å². The van der Waals surface area contributed by atoms with Crippen LogP contribution >= 0.6 is 0 Å². The van der Waals surface area contributed by atoms with Gasteiger partial charge >= 0.3 is 24.4 Å². The average molecular weight is 1060 g/mol. The molecular weight excluding hydrogens is 977 g/mol. The minimum atomic E-state index is -1.42. The van der Waals surface area contributed by atoms with Gasteiger partial charge in [0, 0.05) is 26.1 Å². The molecule has 0 aliphatic heterocycles. The normalized spacial score (nSPS) is 13.3. The van der Waals surface area contributed by atoms with Crippen molar-refractivity contribution < 1.29 is 72.6 Å². The van der Waals surface area contributed by atoms with Crippen LogP contribution in [0.15, 0.2) is 36.4 Å². The minimum Gasteiger partial charge on any atom is -0.508 e. The highest BCUT2D eigenvalue weighted by molar-refractivity contribution is 5.93. The number of amides is 8. The monoisotopic (exact) mass is 1060 g/mol. The minimum absolute atomic E-state index is 0.00545. The molecule has 11 N–H and O–H groups in total. The van der Waals surface area contributed by atoms with Crippen molar-refractivity contribution in [3.63, 3.8) is 0 Å². The molecule has 0 saturated heterocycles. The summed E-state index contributed by atoms with van der Waals surface area (Å²) in [6.45, 7) is 20.8. The molecule has 8 amide bonds. The van der Waals surface area contributed by atoms with E-state index in [1.165, 1.54) is 12.1 Å². The fourth-order valence-electron chi connectivity index (χ4n) is 6.77. The third-order valence-corrected chi connectivity index (χ3v) is 10.2. The first-order chi connectivity index (χ1) is 34.6. The molecule has 0 aliphatic rings. The van der Waals surface area contributed by atoms with Gasteiger partial charge in [0.25, 0.3) is 0 Å². The highest BCUT2D eigenvalue weighted by Gasteiger charge is 2.31. The van der Waals surface area contributed by atoms with Crippen molar-refractivity contribution in [1.82, 2.24) is 42.5 Å². The van der Waals surface area contributed by atoms with Gasteiger partial charge in [-0.15, -0.1) is 0 Å². The number of carbonyl (C=O) groups is 8. The first kappa shape index (κ1) is 64.1. The van der Waals surface area contributed by atoms with E-state index < -0.39 is 108 Å². The van der Waals surface area contributed by atoms with E-state index in [-0.39, 0.29) is 75.2 Å². The van der Waals surface area contributed by atoms with E-state index in [1.54, 1.807) is 114 Å². The van der Waals surface area contributed by atoms with Crippen LogP contribution in [0.3, 0.4) is 0 Å². The highest BCUT2D eigenvalue weighted by atomic mass is 16.6. The number of hydrogen-bond acceptors (Lipinski definition) is 15. The second-order valence-corrected chi connectivity index (χ2v) is 21.9. The van der Waals surface area contributed by atoms with Gasteiger partial charge in [0.15, 0.2) is 0 Å². The lowest BCUT2D eigenvalue weighted by atomic mass is 9.97. The highest BCUT2D eigenvalue weighted by Crippen LogP contribution is 2.30. The molecule has 0 heterocycles. The van der Waals surface area contributed by atoms with Gasteiger partial charge in [-0.25, -0.2) is 19.2 Å². The fourth-order valence-corrected chi connectivity index (χ4v) is 6.77.